The first kappa shape index (κ1) is 25.5. The van der Waals surface area contributed by atoms with E-state index in [4.69, 9.17) is 4.42 Å². The van der Waals surface area contributed by atoms with Gasteiger partial charge in [0, 0.05) is 32.7 Å². The van der Waals surface area contributed by atoms with Gasteiger partial charge < -0.3 is 15.7 Å². The third-order valence-corrected chi connectivity index (χ3v) is 5.82. The van der Waals surface area contributed by atoms with Crippen LogP contribution in [0.3, 0.4) is 0 Å². The minimum atomic E-state index is -0.555. The number of aliphatic imine (C=N–C) groups is 1. The fraction of sp³-hybridized carbons (Fsp3) is 0.0385. The number of phenolic OH excluding ortho intramolecular Hbond substituents is 1. The Hall–Kier alpha value is -2.13. The zero-order valence-electron chi connectivity index (χ0n) is 19.1. The number of aryl methyl sites for hydroxylation is 1. The average Bonchev–Trinajstić information content (AvgIpc) is 3.08. The number of benzene rings is 3. The molecule has 0 fully saturated rings. The Morgan fingerprint density at radius 2 is 1.82 bits per heavy atom. The number of nitrogens with zero attached hydrogens (tertiary/aromatic N) is 1. The van der Waals surface area contributed by atoms with E-state index in [-0.39, 0.29) is 58.6 Å². The molecule has 1 N–H and O–H groups in total. The normalized spacial score (nSPS) is 11.5. The summed E-state index contributed by atoms with van der Waals surface area (Å²) < 4.78 is 19.4. The first-order valence-corrected chi connectivity index (χ1v) is 10.5. The van der Waals surface area contributed by atoms with Crippen LogP contribution in [0.5, 0.6) is 5.75 Å². The average molecular weight is 484 g/mol. The van der Waals surface area contributed by atoms with Crippen molar-refractivity contribution in [2.75, 3.05) is 0 Å². The fourth-order valence-corrected chi connectivity index (χ4v) is 4.19. The number of halogens is 1. The third-order valence-electron chi connectivity index (χ3n) is 4.67. The van der Waals surface area contributed by atoms with Crippen LogP contribution in [0.25, 0.3) is 0 Å². The van der Waals surface area contributed by atoms with Crippen LogP contribution in [0.4, 0.5) is 10.1 Å². The summed E-state index contributed by atoms with van der Waals surface area (Å²) >= 11 is 1.51. The topological polar surface area (TPSA) is 62.8 Å². The van der Waals surface area contributed by atoms with E-state index in [0.717, 1.165) is 32.9 Å². The van der Waals surface area contributed by atoms with Crippen molar-refractivity contribution in [1.29, 1.82) is 0 Å². The van der Waals surface area contributed by atoms with Gasteiger partial charge in [0.05, 0.1) is 17.8 Å². The van der Waals surface area contributed by atoms with Crippen molar-refractivity contribution in [3.05, 3.63) is 114 Å². The first-order chi connectivity index (χ1) is 15.4. The number of fused-ring (bicyclic) bond motifs is 2. The van der Waals surface area contributed by atoms with Gasteiger partial charge in [-0.1, -0.05) is 30.0 Å². The van der Waals surface area contributed by atoms with Gasteiger partial charge in [-0.15, -0.1) is 23.8 Å². The molecule has 4 nitrogen and oxygen atoms in total. The summed E-state index contributed by atoms with van der Waals surface area (Å²) in [4.78, 5) is 17.4. The standard InChI is InChI=1S/C20H11FNO2S.C6H7O.K.H/c21-16-10-13(24)6-7-14(16)20-15-3-1-2-4-18(15)25-19-8-5-12(11-23)9-17(19)22-20;1-5-3-4-6(2)7-5;;/h1-10,24H;3-4H,1H2,2H3;;/q2*-1;+1;-1. The van der Waals surface area contributed by atoms with Gasteiger partial charge in [0.2, 0.25) is 0 Å². The molecule has 2 heterocycles. The molecule has 1 aliphatic rings. The van der Waals surface area contributed by atoms with Gasteiger partial charge in [0.25, 0.3) is 0 Å². The summed E-state index contributed by atoms with van der Waals surface area (Å²) in [5.74, 6) is 0.957. The van der Waals surface area contributed by atoms with Crippen LogP contribution in [0.1, 0.15) is 29.6 Å². The monoisotopic (exact) mass is 483 g/mol. The number of carbonyl (C=O) groups excluding carboxylic acids is 1. The van der Waals surface area contributed by atoms with Crippen molar-refractivity contribution >= 4 is 29.4 Å². The first-order valence-electron chi connectivity index (χ1n) is 9.70. The van der Waals surface area contributed by atoms with Crippen LogP contribution in [0, 0.1) is 19.7 Å². The third kappa shape index (κ3) is 6.06. The summed E-state index contributed by atoms with van der Waals surface area (Å²) in [6.45, 7) is 5.47. The van der Waals surface area contributed by atoms with Gasteiger partial charge in [-0.25, -0.2) is 11.3 Å². The van der Waals surface area contributed by atoms with Gasteiger partial charge in [0.1, 0.15) is 11.6 Å². The Kier molecular flexibility index (Phi) is 8.75. The minimum absolute atomic E-state index is 0. The molecule has 0 radical (unpaired) electrons. The minimum Gasteiger partial charge on any atom is -1.00 e. The summed E-state index contributed by atoms with van der Waals surface area (Å²) in [5, 5.41) is 9.49. The Morgan fingerprint density at radius 3 is 2.45 bits per heavy atom. The molecule has 1 aliphatic heterocycles. The van der Waals surface area contributed by atoms with E-state index < -0.39 is 5.82 Å². The zero-order chi connectivity index (χ0) is 22.7. The summed E-state index contributed by atoms with van der Waals surface area (Å²) in [6.07, 6.45) is 1.86. The molecule has 3 aromatic carbocycles. The molecule has 4 aromatic rings. The Bertz CT molecular complexity index is 1320. The molecule has 5 rings (SSSR count). The second-order valence-electron chi connectivity index (χ2n) is 7.02. The van der Waals surface area contributed by atoms with E-state index in [1.165, 1.54) is 23.9 Å². The molecule has 0 saturated heterocycles. The van der Waals surface area contributed by atoms with Crippen LogP contribution in [0.2, 0.25) is 0 Å². The molecule has 162 valence electrons. The molecule has 1 aromatic heterocycles. The largest absolute Gasteiger partial charge is 1.00 e. The molecule has 0 amide bonds. The number of furan rings is 1. The van der Waals surface area contributed by atoms with Crippen LogP contribution in [-0.4, -0.2) is 17.1 Å². The molecule has 33 heavy (non-hydrogen) atoms. The van der Waals surface area contributed by atoms with E-state index in [1.807, 2.05) is 55.7 Å². The fourth-order valence-electron chi connectivity index (χ4n) is 3.19. The maximum absolute atomic E-state index is 14.5. The number of hydrogen-bond donors (Lipinski definition) is 1. The summed E-state index contributed by atoms with van der Waals surface area (Å²) in [6, 6.07) is 20.5. The SMILES string of the molecule is O=[C-]c1ccc2c(c1)N=C(c1ccc(O)cc1F)c1ccccc1S2.[CH2-]c1ccc(C)o1.[H-].[K+]. The molecule has 0 spiro atoms. The number of aromatic hydroxyl groups is 1. The van der Waals surface area contributed by atoms with Gasteiger partial charge in [-0.05, 0) is 30.9 Å². The number of hydrogen-bond acceptors (Lipinski definition) is 5. The molecule has 7 heteroatoms. The van der Waals surface area contributed by atoms with E-state index >= 15 is 0 Å². The molecule has 0 unspecified atom stereocenters. The molecular weight excluding hydrogens is 464 g/mol. The molecule has 0 aliphatic carbocycles. The van der Waals surface area contributed by atoms with Crippen molar-refractivity contribution in [2.24, 2.45) is 4.99 Å². The quantitative estimate of drug-likeness (QED) is 0.308. The Balaban J connectivity index is 0.000000393. The second kappa shape index (κ2) is 11.3. The van der Waals surface area contributed by atoms with Crippen molar-refractivity contribution in [1.82, 2.24) is 0 Å². The van der Waals surface area contributed by atoms with Gasteiger partial charge in [-0.3, -0.25) is 4.99 Å². The van der Waals surface area contributed by atoms with Crippen molar-refractivity contribution in [2.45, 2.75) is 16.7 Å². The summed E-state index contributed by atoms with van der Waals surface area (Å²) in [7, 11) is 0. The molecular formula is C26H19FKNO3S-2. The van der Waals surface area contributed by atoms with Crippen LogP contribution >= 0.6 is 11.8 Å². The van der Waals surface area contributed by atoms with Gasteiger partial charge >= 0.3 is 51.4 Å². The Morgan fingerprint density at radius 1 is 1.03 bits per heavy atom. The molecule has 0 saturated carbocycles. The second-order valence-corrected chi connectivity index (χ2v) is 8.10. The number of rotatable bonds is 2. The molecule has 0 atom stereocenters. The zero-order valence-corrected chi connectivity index (χ0v) is 22.1. The van der Waals surface area contributed by atoms with Crippen LogP contribution in [0.15, 0.2) is 92.0 Å². The predicted molar refractivity (Wildman–Crippen MR) is 124 cm³/mol. The van der Waals surface area contributed by atoms with E-state index in [2.05, 4.69) is 11.9 Å². The van der Waals surface area contributed by atoms with E-state index in [1.54, 1.807) is 12.1 Å². The van der Waals surface area contributed by atoms with Crippen LogP contribution < -0.4 is 51.4 Å². The Labute approximate surface area is 239 Å². The van der Waals surface area contributed by atoms with Gasteiger partial charge in [-0.2, -0.15) is 12.1 Å². The van der Waals surface area contributed by atoms with Crippen LogP contribution in [-0.2, 0) is 4.79 Å². The summed E-state index contributed by atoms with van der Waals surface area (Å²) in [5.41, 5.74) is 2.52. The van der Waals surface area contributed by atoms with E-state index in [9.17, 15) is 14.3 Å². The van der Waals surface area contributed by atoms with Gasteiger partial charge in [0.15, 0.2) is 0 Å². The maximum Gasteiger partial charge on any atom is 1.00 e. The van der Waals surface area contributed by atoms with Crippen molar-refractivity contribution < 1.29 is 71.5 Å². The van der Waals surface area contributed by atoms with E-state index in [0.29, 0.717) is 22.5 Å². The number of phenols is 1. The van der Waals surface area contributed by atoms with Crippen molar-refractivity contribution in [3.8, 4) is 5.75 Å². The van der Waals surface area contributed by atoms with Crippen molar-refractivity contribution in [3.63, 3.8) is 0 Å². The smallest absolute Gasteiger partial charge is 1.00 e. The predicted octanol–water partition coefficient (Wildman–Crippen LogP) is 3.51. The maximum atomic E-state index is 14.5. The molecule has 0 bridgehead atoms.